The van der Waals surface area contributed by atoms with Crippen molar-refractivity contribution in [2.75, 3.05) is 20.2 Å². The Balaban J connectivity index is 2.09. The van der Waals surface area contributed by atoms with Gasteiger partial charge in [-0.05, 0) is 18.9 Å². The average Bonchev–Trinajstić information content (AvgIpc) is 2.99. The van der Waals surface area contributed by atoms with Crippen molar-refractivity contribution in [1.82, 2.24) is 9.29 Å². The summed E-state index contributed by atoms with van der Waals surface area (Å²) < 4.78 is 31.2. The molecular weight excluding hydrogens is 256 g/mol. The van der Waals surface area contributed by atoms with Gasteiger partial charge in [0.25, 0.3) is 0 Å². The van der Waals surface area contributed by atoms with Gasteiger partial charge in [-0.2, -0.15) is 4.31 Å². The third kappa shape index (κ3) is 2.74. The minimum absolute atomic E-state index is 0.0129. The van der Waals surface area contributed by atoms with E-state index in [2.05, 4.69) is 4.98 Å². The lowest BCUT2D eigenvalue weighted by atomic mass is 10.2. The summed E-state index contributed by atoms with van der Waals surface area (Å²) >= 11 is 0. The van der Waals surface area contributed by atoms with Crippen LogP contribution < -0.4 is 0 Å². The molecule has 1 aromatic rings. The van der Waals surface area contributed by atoms with E-state index in [0.717, 1.165) is 12.8 Å². The molecule has 0 spiro atoms. The number of hydrogen-bond acceptors (Lipinski definition) is 4. The molecule has 2 N–H and O–H groups in total. The molecule has 0 bridgehead atoms. The van der Waals surface area contributed by atoms with E-state index in [0.29, 0.717) is 18.8 Å². The number of aromatic nitrogens is 1. The Morgan fingerprint density at radius 2 is 2.39 bits per heavy atom. The number of aliphatic hydroxyl groups excluding tert-OH is 1. The summed E-state index contributed by atoms with van der Waals surface area (Å²) in [6.07, 6.45) is 3.26. The normalized spacial score (nSPS) is 20.7. The van der Waals surface area contributed by atoms with Crippen LogP contribution >= 0.6 is 0 Å². The van der Waals surface area contributed by atoms with Crippen LogP contribution in [0.1, 0.15) is 18.5 Å². The highest BCUT2D eigenvalue weighted by Crippen LogP contribution is 2.19. The Labute approximate surface area is 107 Å². The molecule has 18 heavy (non-hydrogen) atoms. The standard InChI is InChI=1S/C11H18N2O4S/c1-13(7-10-3-2-4-17-10)18(15,16)11-5-9(8-14)12-6-11/h5-6,10,12,14H,2-4,7-8H2,1H3. The number of nitrogens with one attached hydrogen (secondary N) is 1. The predicted octanol–water partition coefficient (Wildman–Crippen LogP) is 0.307. The van der Waals surface area contributed by atoms with Crippen LogP contribution in [-0.2, 0) is 21.4 Å². The molecular formula is C11H18N2O4S. The number of aliphatic hydroxyl groups is 1. The number of nitrogens with zero attached hydrogens (tertiary/aromatic N) is 1. The van der Waals surface area contributed by atoms with Crippen molar-refractivity contribution in [3.63, 3.8) is 0 Å². The highest BCUT2D eigenvalue weighted by atomic mass is 32.2. The molecule has 102 valence electrons. The molecule has 0 saturated carbocycles. The second-order valence-electron chi connectivity index (χ2n) is 4.44. The van der Waals surface area contributed by atoms with Gasteiger partial charge in [0.1, 0.15) is 0 Å². The molecule has 1 aliphatic heterocycles. The Hall–Kier alpha value is -0.890. The highest BCUT2D eigenvalue weighted by molar-refractivity contribution is 7.89. The fraction of sp³-hybridized carbons (Fsp3) is 0.636. The van der Waals surface area contributed by atoms with E-state index in [-0.39, 0.29) is 17.6 Å². The first-order valence-corrected chi connectivity index (χ1v) is 7.34. The Bertz CT molecular complexity index is 491. The quantitative estimate of drug-likeness (QED) is 0.809. The maximum Gasteiger partial charge on any atom is 0.244 e. The van der Waals surface area contributed by atoms with E-state index in [9.17, 15) is 8.42 Å². The largest absolute Gasteiger partial charge is 0.390 e. The van der Waals surface area contributed by atoms with Crippen LogP contribution in [0.2, 0.25) is 0 Å². The van der Waals surface area contributed by atoms with Gasteiger partial charge < -0.3 is 14.8 Å². The second kappa shape index (κ2) is 5.40. The Kier molecular flexibility index (Phi) is 4.06. The maximum absolute atomic E-state index is 12.2. The van der Waals surface area contributed by atoms with E-state index in [1.807, 2.05) is 0 Å². The highest BCUT2D eigenvalue weighted by Gasteiger charge is 2.26. The molecule has 0 amide bonds. The topological polar surface area (TPSA) is 82.6 Å². The van der Waals surface area contributed by atoms with E-state index in [4.69, 9.17) is 9.84 Å². The molecule has 6 nitrogen and oxygen atoms in total. The average molecular weight is 274 g/mol. The molecule has 1 aliphatic rings. The number of H-pyrrole nitrogens is 1. The van der Waals surface area contributed by atoms with Crippen LogP contribution in [0, 0.1) is 0 Å². The van der Waals surface area contributed by atoms with E-state index in [1.54, 1.807) is 7.05 Å². The van der Waals surface area contributed by atoms with Crippen molar-refractivity contribution < 1.29 is 18.3 Å². The molecule has 1 unspecified atom stereocenters. The van der Waals surface area contributed by atoms with Crippen molar-refractivity contribution >= 4 is 10.0 Å². The first kappa shape index (κ1) is 13.5. The van der Waals surface area contributed by atoms with Crippen molar-refractivity contribution in [3.05, 3.63) is 18.0 Å². The lowest BCUT2D eigenvalue weighted by Gasteiger charge is -2.19. The van der Waals surface area contributed by atoms with Crippen LogP contribution in [0.4, 0.5) is 0 Å². The smallest absolute Gasteiger partial charge is 0.244 e. The van der Waals surface area contributed by atoms with Crippen molar-refractivity contribution in [2.45, 2.75) is 30.4 Å². The predicted molar refractivity (Wildman–Crippen MR) is 65.5 cm³/mol. The summed E-state index contributed by atoms with van der Waals surface area (Å²) in [5.74, 6) is 0. The summed E-state index contributed by atoms with van der Waals surface area (Å²) in [7, 11) is -1.96. The summed E-state index contributed by atoms with van der Waals surface area (Å²) in [6, 6.07) is 1.45. The van der Waals surface area contributed by atoms with Crippen LogP contribution in [0.3, 0.4) is 0 Å². The zero-order chi connectivity index (χ0) is 13.2. The van der Waals surface area contributed by atoms with Gasteiger partial charge in [0.2, 0.25) is 10.0 Å². The van der Waals surface area contributed by atoms with Gasteiger partial charge in [0, 0.05) is 32.1 Å². The van der Waals surface area contributed by atoms with Crippen LogP contribution in [0.15, 0.2) is 17.2 Å². The van der Waals surface area contributed by atoms with Gasteiger partial charge in [-0.25, -0.2) is 8.42 Å². The molecule has 1 atom stereocenters. The lowest BCUT2D eigenvalue weighted by Crippen LogP contribution is -2.33. The van der Waals surface area contributed by atoms with Gasteiger partial charge in [-0.15, -0.1) is 0 Å². The van der Waals surface area contributed by atoms with Crippen molar-refractivity contribution in [1.29, 1.82) is 0 Å². The summed E-state index contributed by atoms with van der Waals surface area (Å²) in [5, 5.41) is 8.93. The van der Waals surface area contributed by atoms with Gasteiger partial charge in [0.05, 0.1) is 17.6 Å². The third-order valence-corrected chi connectivity index (χ3v) is 4.88. The first-order chi connectivity index (χ1) is 8.54. The zero-order valence-corrected chi connectivity index (χ0v) is 11.1. The Morgan fingerprint density at radius 1 is 1.61 bits per heavy atom. The maximum atomic E-state index is 12.2. The van der Waals surface area contributed by atoms with Gasteiger partial charge in [0.15, 0.2) is 0 Å². The second-order valence-corrected chi connectivity index (χ2v) is 6.48. The van der Waals surface area contributed by atoms with Crippen molar-refractivity contribution in [2.24, 2.45) is 0 Å². The zero-order valence-electron chi connectivity index (χ0n) is 10.3. The van der Waals surface area contributed by atoms with Crippen LogP contribution in [0.5, 0.6) is 0 Å². The summed E-state index contributed by atoms with van der Waals surface area (Å²) in [5.41, 5.74) is 0.485. The van der Waals surface area contributed by atoms with E-state index >= 15 is 0 Å². The minimum atomic E-state index is -3.50. The molecule has 2 heterocycles. The number of hydrogen-bond donors (Lipinski definition) is 2. The fourth-order valence-electron chi connectivity index (χ4n) is 2.01. The van der Waals surface area contributed by atoms with E-state index < -0.39 is 10.0 Å². The minimum Gasteiger partial charge on any atom is -0.390 e. The molecule has 2 rings (SSSR count). The third-order valence-electron chi connectivity index (χ3n) is 3.08. The van der Waals surface area contributed by atoms with Gasteiger partial charge in [-0.1, -0.05) is 0 Å². The monoisotopic (exact) mass is 274 g/mol. The number of likely N-dealkylation sites (N-methyl/N-ethyl adjacent to an activating group) is 1. The molecule has 0 aliphatic carbocycles. The molecule has 1 aromatic heterocycles. The van der Waals surface area contributed by atoms with Crippen LogP contribution in [0.25, 0.3) is 0 Å². The number of sulfonamides is 1. The Morgan fingerprint density at radius 3 is 2.94 bits per heavy atom. The lowest BCUT2D eigenvalue weighted by molar-refractivity contribution is 0.0979. The van der Waals surface area contributed by atoms with E-state index in [1.165, 1.54) is 16.6 Å². The molecule has 1 fully saturated rings. The fourth-order valence-corrected chi connectivity index (χ4v) is 3.23. The molecule has 0 radical (unpaired) electrons. The van der Waals surface area contributed by atoms with Gasteiger partial charge >= 0.3 is 0 Å². The first-order valence-electron chi connectivity index (χ1n) is 5.90. The SMILES string of the molecule is CN(CC1CCCO1)S(=O)(=O)c1c[nH]c(CO)c1. The summed E-state index contributed by atoms with van der Waals surface area (Å²) in [4.78, 5) is 2.90. The van der Waals surface area contributed by atoms with Crippen molar-refractivity contribution in [3.8, 4) is 0 Å². The molecule has 1 saturated heterocycles. The summed E-state index contributed by atoms with van der Waals surface area (Å²) in [6.45, 7) is 0.865. The number of ether oxygens (including phenoxy) is 1. The molecule has 0 aromatic carbocycles. The number of rotatable bonds is 5. The molecule has 7 heteroatoms. The van der Waals surface area contributed by atoms with Crippen LogP contribution in [-0.4, -0.2) is 49.1 Å². The van der Waals surface area contributed by atoms with Gasteiger partial charge in [-0.3, -0.25) is 0 Å². The number of aromatic amines is 1.